The molecule has 0 aliphatic rings. The zero-order valence-electron chi connectivity index (χ0n) is 11.9. The predicted molar refractivity (Wildman–Crippen MR) is 75.8 cm³/mol. The van der Waals surface area contributed by atoms with Crippen LogP contribution in [0.2, 0.25) is 0 Å². The molecule has 21 heavy (non-hydrogen) atoms. The molecule has 0 aliphatic heterocycles. The van der Waals surface area contributed by atoms with Crippen LogP contribution in [-0.2, 0) is 6.18 Å². The van der Waals surface area contributed by atoms with Crippen molar-refractivity contribution in [3.05, 3.63) is 65.0 Å². The number of halogens is 3. The van der Waals surface area contributed by atoms with Crippen LogP contribution >= 0.6 is 0 Å². The molecule has 0 aliphatic carbocycles. The van der Waals surface area contributed by atoms with Gasteiger partial charge in [0, 0.05) is 18.0 Å². The molecule has 1 heterocycles. The van der Waals surface area contributed by atoms with E-state index in [9.17, 15) is 13.2 Å². The molecule has 1 unspecified atom stereocenters. The molecule has 0 spiro atoms. The molecule has 0 saturated carbocycles. The Morgan fingerprint density at radius 3 is 2.10 bits per heavy atom. The average Bonchev–Trinajstić information content (AvgIpc) is 2.45. The molecule has 5 heteroatoms. The van der Waals surface area contributed by atoms with Crippen LogP contribution in [0.4, 0.5) is 13.2 Å². The van der Waals surface area contributed by atoms with Crippen LogP contribution in [0.25, 0.3) is 0 Å². The fourth-order valence-electron chi connectivity index (χ4n) is 2.18. The van der Waals surface area contributed by atoms with Crippen molar-refractivity contribution in [2.45, 2.75) is 32.0 Å². The number of pyridine rings is 1. The molecule has 1 aromatic carbocycles. The smallest absolute Gasteiger partial charge is 0.320 e. The van der Waals surface area contributed by atoms with Crippen molar-refractivity contribution in [1.29, 1.82) is 0 Å². The Balaban J connectivity index is 2.38. The van der Waals surface area contributed by atoms with Crippen LogP contribution in [0.5, 0.6) is 0 Å². The molecule has 2 rings (SSSR count). The molecular weight excluding hydrogens is 277 g/mol. The summed E-state index contributed by atoms with van der Waals surface area (Å²) in [5.74, 6) is 0.361. The van der Waals surface area contributed by atoms with Crippen molar-refractivity contribution in [3.8, 4) is 0 Å². The van der Waals surface area contributed by atoms with Gasteiger partial charge in [0.25, 0.3) is 0 Å². The van der Waals surface area contributed by atoms with Gasteiger partial charge in [0.2, 0.25) is 0 Å². The summed E-state index contributed by atoms with van der Waals surface area (Å²) in [6.45, 7) is 4.11. The molecule has 0 radical (unpaired) electrons. The van der Waals surface area contributed by atoms with Crippen LogP contribution in [0.3, 0.4) is 0 Å². The second-order valence-corrected chi connectivity index (χ2v) is 5.26. The number of benzene rings is 1. The molecule has 2 nitrogen and oxygen atoms in total. The van der Waals surface area contributed by atoms with Crippen LogP contribution in [0, 0.1) is 0 Å². The minimum Gasteiger partial charge on any atom is -0.320 e. The molecular formula is C16H17F3N2. The fraction of sp³-hybridized carbons (Fsp3) is 0.312. The van der Waals surface area contributed by atoms with Gasteiger partial charge >= 0.3 is 6.18 Å². The van der Waals surface area contributed by atoms with Gasteiger partial charge in [-0.05, 0) is 23.1 Å². The van der Waals surface area contributed by atoms with Gasteiger partial charge in [-0.15, -0.1) is 0 Å². The van der Waals surface area contributed by atoms with Gasteiger partial charge in [-0.2, -0.15) is 13.2 Å². The van der Waals surface area contributed by atoms with Gasteiger partial charge < -0.3 is 5.73 Å². The number of nitrogens with two attached hydrogens (primary N) is 1. The van der Waals surface area contributed by atoms with E-state index in [1.807, 2.05) is 12.1 Å². The summed E-state index contributed by atoms with van der Waals surface area (Å²) in [6.07, 6.45) is -2.13. The van der Waals surface area contributed by atoms with E-state index in [4.69, 9.17) is 5.73 Å². The highest BCUT2D eigenvalue weighted by molar-refractivity contribution is 5.37. The maximum atomic E-state index is 13.0. The van der Waals surface area contributed by atoms with Gasteiger partial charge in [0.1, 0.15) is 0 Å². The van der Waals surface area contributed by atoms with E-state index in [-0.39, 0.29) is 5.56 Å². The number of aromatic nitrogens is 1. The third-order valence-corrected chi connectivity index (χ3v) is 3.45. The summed E-state index contributed by atoms with van der Waals surface area (Å²) < 4.78 is 39.0. The lowest BCUT2D eigenvalue weighted by molar-refractivity contribution is -0.138. The molecule has 1 aromatic heterocycles. The third-order valence-electron chi connectivity index (χ3n) is 3.45. The van der Waals surface area contributed by atoms with E-state index in [1.165, 1.54) is 6.20 Å². The summed E-state index contributed by atoms with van der Waals surface area (Å²) >= 11 is 0. The normalized spacial score (nSPS) is 13.5. The van der Waals surface area contributed by atoms with Gasteiger partial charge in [-0.3, -0.25) is 4.98 Å². The van der Waals surface area contributed by atoms with Crippen molar-refractivity contribution in [3.63, 3.8) is 0 Å². The molecule has 1 atom stereocenters. The second-order valence-electron chi connectivity index (χ2n) is 5.26. The predicted octanol–water partition coefficient (Wildman–Crippen LogP) is 4.27. The first-order valence-electron chi connectivity index (χ1n) is 6.67. The standard InChI is InChI=1S/C16H17F3N2/c1-10(2)11-3-5-12(6-4-11)15(20)13-9-21-8-7-14(13)16(17,18)19/h3-10,15H,20H2,1-2H3. The summed E-state index contributed by atoms with van der Waals surface area (Å²) in [4.78, 5) is 3.77. The molecule has 0 saturated heterocycles. The lowest BCUT2D eigenvalue weighted by Crippen LogP contribution is -2.18. The summed E-state index contributed by atoms with van der Waals surface area (Å²) in [6, 6.07) is 7.43. The number of hydrogen-bond donors (Lipinski definition) is 1. The van der Waals surface area contributed by atoms with Crippen LogP contribution in [0.1, 0.15) is 48.1 Å². The summed E-state index contributed by atoms with van der Waals surface area (Å²) in [5.41, 5.74) is 7.01. The number of rotatable bonds is 3. The Morgan fingerprint density at radius 2 is 1.57 bits per heavy atom. The minimum atomic E-state index is -4.44. The average molecular weight is 294 g/mol. The highest BCUT2D eigenvalue weighted by atomic mass is 19.4. The van der Waals surface area contributed by atoms with E-state index >= 15 is 0 Å². The molecule has 0 fully saturated rings. The molecule has 2 N–H and O–H groups in total. The Hall–Kier alpha value is -1.88. The van der Waals surface area contributed by atoms with Crippen molar-refractivity contribution >= 4 is 0 Å². The topological polar surface area (TPSA) is 38.9 Å². The monoisotopic (exact) mass is 294 g/mol. The van der Waals surface area contributed by atoms with Gasteiger partial charge in [0.15, 0.2) is 0 Å². The Bertz CT molecular complexity index is 604. The van der Waals surface area contributed by atoms with E-state index in [1.54, 1.807) is 12.1 Å². The largest absolute Gasteiger partial charge is 0.416 e. The number of nitrogens with zero attached hydrogens (tertiary/aromatic N) is 1. The maximum Gasteiger partial charge on any atom is 0.416 e. The first kappa shape index (κ1) is 15.5. The first-order valence-corrected chi connectivity index (χ1v) is 6.67. The van der Waals surface area contributed by atoms with Crippen LogP contribution < -0.4 is 5.73 Å². The zero-order valence-corrected chi connectivity index (χ0v) is 11.9. The summed E-state index contributed by atoms with van der Waals surface area (Å²) in [7, 11) is 0. The van der Waals surface area contributed by atoms with Crippen molar-refractivity contribution in [1.82, 2.24) is 4.98 Å². The number of alkyl halides is 3. The van der Waals surface area contributed by atoms with Crippen LogP contribution in [0.15, 0.2) is 42.7 Å². The van der Waals surface area contributed by atoms with Crippen LogP contribution in [-0.4, -0.2) is 4.98 Å². The van der Waals surface area contributed by atoms with Gasteiger partial charge in [0.05, 0.1) is 11.6 Å². The molecule has 2 aromatic rings. The van der Waals surface area contributed by atoms with Crippen molar-refractivity contribution in [2.24, 2.45) is 5.73 Å². The van der Waals surface area contributed by atoms with E-state index in [0.717, 1.165) is 17.8 Å². The van der Waals surface area contributed by atoms with Gasteiger partial charge in [-0.25, -0.2) is 0 Å². The highest BCUT2D eigenvalue weighted by Crippen LogP contribution is 2.35. The van der Waals surface area contributed by atoms with E-state index in [2.05, 4.69) is 18.8 Å². The first-order chi connectivity index (χ1) is 9.80. The van der Waals surface area contributed by atoms with Gasteiger partial charge in [-0.1, -0.05) is 38.1 Å². The Kier molecular flexibility index (Phi) is 4.32. The van der Waals surface area contributed by atoms with Crippen molar-refractivity contribution < 1.29 is 13.2 Å². The maximum absolute atomic E-state index is 13.0. The Morgan fingerprint density at radius 1 is 1.00 bits per heavy atom. The van der Waals surface area contributed by atoms with Crippen molar-refractivity contribution in [2.75, 3.05) is 0 Å². The SMILES string of the molecule is CC(C)c1ccc(C(N)c2cnccc2C(F)(F)F)cc1. The molecule has 0 amide bonds. The number of hydrogen-bond acceptors (Lipinski definition) is 2. The second kappa shape index (κ2) is 5.85. The van der Waals surface area contributed by atoms with E-state index in [0.29, 0.717) is 11.5 Å². The van der Waals surface area contributed by atoms with E-state index < -0.39 is 17.8 Å². The highest BCUT2D eigenvalue weighted by Gasteiger charge is 2.34. The minimum absolute atomic E-state index is 0.0118. The lowest BCUT2D eigenvalue weighted by Gasteiger charge is -2.18. The third kappa shape index (κ3) is 3.42. The zero-order chi connectivity index (χ0) is 15.6. The summed E-state index contributed by atoms with van der Waals surface area (Å²) in [5, 5.41) is 0. The quantitative estimate of drug-likeness (QED) is 0.918. The fourth-order valence-corrected chi connectivity index (χ4v) is 2.18. The molecule has 0 bridgehead atoms. The Labute approximate surface area is 121 Å². The molecule has 112 valence electrons. The lowest BCUT2D eigenvalue weighted by atomic mass is 9.94.